The van der Waals surface area contributed by atoms with E-state index in [0.29, 0.717) is 12.1 Å². The molecule has 4 rings (SSSR count). The highest BCUT2D eigenvalue weighted by molar-refractivity contribution is 5.66. The van der Waals surface area contributed by atoms with Gasteiger partial charge in [0.05, 0.1) is 6.10 Å². The van der Waals surface area contributed by atoms with Crippen molar-refractivity contribution in [3.8, 4) is 16.9 Å². The molecule has 2 aromatic carbocycles. The zero-order valence-corrected chi connectivity index (χ0v) is 12.4. The van der Waals surface area contributed by atoms with Crippen LogP contribution in [0.5, 0.6) is 5.75 Å². The fraction of sp³-hybridized carbons (Fsp3) is 0.368. The normalized spacial score (nSPS) is 20.3. The summed E-state index contributed by atoms with van der Waals surface area (Å²) in [6.07, 6.45) is 5.27. The smallest absolute Gasteiger partial charge is 0.119 e. The third-order valence-corrected chi connectivity index (χ3v) is 4.58. The highest BCUT2D eigenvalue weighted by Crippen LogP contribution is 2.34. The van der Waals surface area contributed by atoms with E-state index in [4.69, 9.17) is 4.74 Å². The van der Waals surface area contributed by atoms with Gasteiger partial charge in [0.1, 0.15) is 5.75 Å². The van der Waals surface area contributed by atoms with Gasteiger partial charge in [-0.2, -0.15) is 0 Å². The Morgan fingerprint density at radius 2 is 1.71 bits per heavy atom. The average molecular weight is 279 g/mol. The quantitative estimate of drug-likeness (QED) is 0.909. The Kier molecular flexibility index (Phi) is 3.19. The second-order valence-electron chi connectivity index (χ2n) is 6.14. The lowest BCUT2D eigenvalue weighted by Crippen LogP contribution is -2.12. The van der Waals surface area contributed by atoms with Gasteiger partial charge in [-0.1, -0.05) is 30.3 Å². The maximum atomic E-state index is 5.81. The summed E-state index contributed by atoms with van der Waals surface area (Å²) in [5, 5.41) is 3.39. The molecule has 1 saturated carbocycles. The SMILES string of the molecule is CNC1CCc2cc(-c3ccc(OC4CC4)cc3)ccc21. The molecule has 1 fully saturated rings. The van der Waals surface area contributed by atoms with Crippen LogP contribution in [0, 0.1) is 0 Å². The molecule has 21 heavy (non-hydrogen) atoms. The maximum Gasteiger partial charge on any atom is 0.119 e. The number of fused-ring (bicyclic) bond motifs is 1. The first-order valence-electron chi connectivity index (χ1n) is 7.90. The van der Waals surface area contributed by atoms with Crippen molar-refractivity contribution < 1.29 is 4.74 Å². The van der Waals surface area contributed by atoms with E-state index in [1.165, 1.54) is 47.9 Å². The lowest BCUT2D eigenvalue weighted by molar-refractivity contribution is 0.303. The number of hydrogen-bond donors (Lipinski definition) is 1. The third-order valence-electron chi connectivity index (χ3n) is 4.58. The van der Waals surface area contributed by atoms with E-state index in [1.54, 1.807) is 0 Å². The first-order valence-corrected chi connectivity index (χ1v) is 7.90. The van der Waals surface area contributed by atoms with Crippen LogP contribution >= 0.6 is 0 Å². The molecular weight excluding hydrogens is 258 g/mol. The minimum Gasteiger partial charge on any atom is -0.490 e. The summed E-state index contributed by atoms with van der Waals surface area (Å²) < 4.78 is 5.81. The molecule has 0 spiro atoms. The van der Waals surface area contributed by atoms with Crippen LogP contribution in [0.3, 0.4) is 0 Å². The molecule has 0 amide bonds. The fourth-order valence-electron chi connectivity index (χ4n) is 3.20. The van der Waals surface area contributed by atoms with Crippen molar-refractivity contribution in [1.82, 2.24) is 5.32 Å². The molecular formula is C19H21NO. The molecule has 0 radical (unpaired) electrons. The van der Waals surface area contributed by atoms with Gasteiger partial charge in [-0.05, 0) is 67.1 Å². The lowest BCUT2D eigenvalue weighted by atomic mass is 10.00. The number of hydrogen-bond acceptors (Lipinski definition) is 2. The van der Waals surface area contributed by atoms with E-state index in [1.807, 2.05) is 7.05 Å². The topological polar surface area (TPSA) is 21.3 Å². The van der Waals surface area contributed by atoms with Crippen LogP contribution in [0.4, 0.5) is 0 Å². The Balaban J connectivity index is 1.58. The van der Waals surface area contributed by atoms with Crippen molar-refractivity contribution in [2.75, 3.05) is 7.05 Å². The molecule has 2 aliphatic carbocycles. The molecule has 1 unspecified atom stereocenters. The summed E-state index contributed by atoms with van der Waals surface area (Å²) in [4.78, 5) is 0. The molecule has 2 heteroatoms. The Bertz CT molecular complexity index is 643. The van der Waals surface area contributed by atoms with Gasteiger partial charge in [0.2, 0.25) is 0 Å². The van der Waals surface area contributed by atoms with Crippen LogP contribution < -0.4 is 10.1 Å². The van der Waals surface area contributed by atoms with Gasteiger partial charge in [-0.3, -0.25) is 0 Å². The molecule has 1 N–H and O–H groups in total. The van der Waals surface area contributed by atoms with Crippen molar-refractivity contribution >= 4 is 0 Å². The highest BCUT2D eigenvalue weighted by atomic mass is 16.5. The monoisotopic (exact) mass is 279 g/mol. The van der Waals surface area contributed by atoms with Gasteiger partial charge in [0.25, 0.3) is 0 Å². The zero-order valence-electron chi connectivity index (χ0n) is 12.4. The summed E-state index contributed by atoms with van der Waals surface area (Å²) >= 11 is 0. The average Bonchev–Trinajstić information content (AvgIpc) is 3.24. The molecule has 0 saturated heterocycles. The Morgan fingerprint density at radius 1 is 0.952 bits per heavy atom. The minimum absolute atomic E-state index is 0.467. The Labute approximate surface area is 126 Å². The van der Waals surface area contributed by atoms with E-state index >= 15 is 0 Å². The van der Waals surface area contributed by atoms with Crippen molar-refractivity contribution in [2.45, 2.75) is 37.8 Å². The van der Waals surface area contributed by atoms with Crippen LogP contribution in [-0.4, -0.2) is 13.2 Å². The zero-order chi connectivity index (χ0) is 14.2. The van der Waals surface area contributed by atoms with Crippen LogP contribution in [0.1, 0.15) is 36.4 Å². The molecule has 0 aromatic heterocycles. The number of nitrogens with one attached hydrogen (secondary N) is 1. The minimum atomic E-state index is 0.467. The second kappa shape index (κ2) is 5.19. The number of rotatable bonds is 4. The number of aryl methyl sites for hydroxylation is 1. The van der Waals surface area contributed by atoms with Crippen molar-refractivity contribution in [3.63, 3.8) is 0 Å². The van der Waals surface area contributed by atoms with Crippen LogP contribution in [-0.2, 0) is 6.42 Å². The molecule has 0 heterocycles. The molecule has 0 bridgehead atoms. The molecule has 2 aromatic rings. The van der Waals surface area contributed by atoms with Crippen LogP contribution in [0.15, 0.2) is 42.5 Å². The van der Waals surface area contributed by atoms with Crippen molar-refractivity contribution in [2.24, 2.45) is 0 Å². The molecule has 108 valence electrons. The third kappa shape index (κ3) is 2.56. The lowest BCUT2D eigenvalue weighted by Gasteiger charge is -2.11. The number of benzene rings is 2. The second-order valence-corrected chi connectivity index (χ2v) is 6.14. The summed E-state index contributed by atoms with van der Waals surface area (Å²) in [6, 6.07) is 15.9. The predicted octanol–water partition coefficient (Wildman–Crippen LogP) is 4.10. The molecule has 2 nitrogen and oxygen atoms in total. The van der Waals surface area contributed by atoms with Crippen molar-refractivity contribution in [1.29, 1.82) is 0 Å². The van der Waals surface area contributed by atoms with Crippen molar-refractivity contribution in [3.05, 3.63) is 53.6 Å². The van der Waals surface area contributed by atoms with Gasteiger partial charge in [-0.25, -0.2) is 0 Å². The van der Waals surface area contributed by atoms with Gasteiger partial charge in [0.15, 0.2) is 0 Å². The maximum absolute atomic E-state index is 5.81. The van der Waals surface area contributed by atoms with E-state index in [0.717, 1.165) is 5.75 Å². The highest BCUT2D eigenvalue weighted by Gasteiger charge is 2.23. The summed E-state index contributed by atoms with van der Waals surface area (Å²) in [6.45, 7) is 0. The molecule has 0 aliphatic heterocycles. The van der Waals surface area contributed by atoms with E-state index in [-0.39, 0.29) is 0 Å². The van der Waals surface area contributed by atoms with Gasteiger partial charge < -0.3 is 10.1 Å². The largest absolute Gasteiger partial charge is 0.490 e. The first kappa shape index (κ1) is 12.9. The molecule has 1 atom stereocenters. The summed E-state index contributed by atoms with van der Waals surface area (Å²) in [7, 11) is 2.05. The Morgan fingerprint density at radius 3 is 2.43 bits per heavy atom. The van der Waals surface area contributed by atoms with Crippen LogP contribution in [0.25, 0.3) is 11.1 Å². The van der Waals surface area contributed by atoms with Gasteiger partial charge >= 0.3 is 0 Å². The van der Waals surface area contributed by atoms with E-state index < -0.39 is 0 Å². The van der Waals surface area contributed by atoms with Crippen LogP contribution in [0.2, 0.25) is 0 Å². The summed E-state index contributed by atoms with van der Waals surface area (Å²) in [5.41, 5.74) is 5.54. The van der Waals surface area contributed by atoms with E-state index in [2.05, 4.69) is 47.8 Å². The fourth-order valence-corrected chi connectivity index (χ4v) is 3.20. The Hall–Kier alpha value is -1.80. The first-order chi connectivity index (χ1) is 10.3. The van der Waals surface area contributed by atoms with E-state index in [9.17, 15) is 0 Å². The standard InChI is InChI=1S/C19H21NO/c1-20-19-11-5-15-12-14(4-10-18(15)19)13-2-6-16(7-3-13)21-17-8-9-17/h2-4,6-7,10,12,17,19-20H,5,8-9,11H2,1H3. The molecule has 2 aliphatic rings. The summed E-state index contributed by atoms with van der Waals surface area (Å²) in [5.74, 6) is 0.998. The van der Waals surface area contributed by atoms with Gasteiger partial charge in [-0.15, -0.1) is 0 Å². The van der Waals surface area contributed by atoms with Gasteiger partial charge in [0, 0.05) is 6.04 Å². The number of ether oxygens (including phenoxy) is 1. The predicted molar refractivity (Wildman–Crippen MR) is 85.6 cm³/mol.